The van der Waals surface area contributed by atoms with Crippen molar-refractivity contribution in [1.29, 1.82) is 0 Å². The van der Waals surface area contributed by atoms with Gasteiger partial charge in [0.05, 0.1) is 11.0 Å². The molecule has 6 nitrogen and oxygen atoms in total. The van der Waals surface area contributed by atoms with Crippen LogP contribution >= 0.6 is 0 Å². The van der Waals surface area contributed by atoms with Crippen LogP contribution in [0.2, 0.25) is 0 Å². The van der Waals surface area contributed by atoms with Gasteiger partial charge in [-0.1, -0.05) is 18.2 Å². The molecule has 2 aromatic rings. The number of ether oxygens (including phenoxy) is 1. The highest BCUT2D eigenvalue weighted by Crippen LogP contribution is 2.19. The molecule has 0 aliphatic carbocycles. The molecule has 0 saturated carbocycles. The summed E-state index contributed by atoms with van der Waals surface area (Å²) in [6.45, 7) is 6.13. The van der Waals surface area contributed by atoms with Crippen LogP contribution in [-0.4, -0.2) is 23.5 Å². The Hall–Kier alpha value is -2.89. The summed E-state index contributed by atoms with van der Waals surface area (Å²) in [6, 6.07) is 12.4. The normalized spacial score (nSPS) is 10.6. The Kier molecular flexibility index (Phi) is 6.72. The van der Waals surface area contributed by atoms with Crippen LogP contribution in [-0.2, 0) is 6.42 Å². The van der Waals surface area contributed by atoms with Crippen LogP contribution in [0, 0.1) is 17.0 Å². The van der Waals surface area contributed by atoms with Crippen molar-refractivity contribution in [2.75, 3.05) is 6.54 Å². The van der Waals surface area contributed by atoms with Gasteiger partial charge >= 0.3 is 0 Å². The van der Waals surface area contributed by atoms with E-state index in [0.29, 0.717) is 17.7 Å². The van der Waals surface area contributed by atoms with Crippen LogP contribution in [0.25, 0.3) is 0 Å². The Morgan fingerprint density at radius 3 is 2.50 bits per heavy atom. The van der Waals surface area contributed by atoms with Gasteiger partial charge < -0.3 is 10.1 Å². The monoisotopic (exact) mass is 356 g/mol. The third-order valence-electron chi connectivity index (χ3n) is 3.89. The molecule has 0 unspecified atom stereocenters. The molecule has 1 amide bonds. The molecule has 0 radical (unpaired) electrons. The lowest BCUT2D eigenvalue weighted by Gasteiger charge is -2.10. The molecule has 0 fully saturated rings. The van der Waals surface area contributed by atoms with Crippen molar-refractivity contribution in [2.24, 2.45) is 0 Å². The first kappa shape index (κ1) is 19.4. The molecule has 0 bridgehead atoms. The molecule has 0 atom stereocenters. The van der Waals surface area contributed by atoms with E-state index in [4.69, 9.17) is 4.74 Å². The zero-order chi connectivity index (χ0) is 19.1. The van der Waals surface area contributed by atoms with Crippen LogP contribution in [0.1, 0.15) is 41.8 Å². The van der Waals surface area contributed by atoms with Crippen molar-refractivity contribution in [3.63, 3.8) is 0 Å². The maximum atomic E-state index is 12.1. The van der Waals surface area contributed by atoms with Crippen molar-refractivity contribution in [3.8, 4) is 5.75 Å². The van der Waals surface area contributed by atoms with Crippen molar-refractivity contribution >= 4 is 11.6 Å². The fraction of sp³-hybridized carbons (Fsp3) is 0.350. The summed E-state index contributed by atoms with van der Waals surface area (Å²) >= 11 is 0. The first-order valence-corrected chi connectivity index (χ1v) is 8.65. The second-order valence-corrected chi connectivity index (χ2v) is 6.43. The number of nitro groups is 1. The number of benzene rings is 2. The summed E-state index contributed by atoms with van der Waals surface area (Å²) in [7, 11) is 0. The van der Waals surface area contributed by atoms with Gasteiger partial charge in [-0.25, -0.2) is 0 Å². The number of hydrogen-bond acceptors (Lipinski definition) is 4. The number of aryl methyl sites for hydroxylation is 2. The first-order chi connectivity index (χ1) is 12.4. The minimum absolute atomic E-state index is 0.0404. The van der Waals surface area contributed by atoms with E-state index in [1.54, 1.807) is 19.1 Å². The van der Waals surface area contributed by atoms with E-state index in [1.807, 2.05) is 38.1 Å². The highest BCUT2D eigenvalue weighted by Gasteiger charge is 2.14. The molecule has 2 aromatic carbocycles. The van der Waals surface area contributed by atoms with Gasteiger partial charge in [-0.05, 0) is 57.4 Å². The minimum Gasteiger partial charge on any atom is -0.491 e. The van der Waals surface area contributed by atoms with Gasteiger partial charge in [0.15, 0.2) is 0 Å². The Balaban J connectivity index is 1.81. The lowest BCUT2D eigenvalue weighted by molar-refractivity contribution is -0.385. The van der Waals surface area contributed by atoms with E-state index < -0.39 is 4.92 Å². The molecule has 0 aliphatic heterocycles. The molecule has 6 heteroatoms. The summed E-state index contributed by atoms with van der Waals surface area (Å²) in [6.07, 6.45) is 1.76. The van der Waals surface area contributed by atoms with Gasteiger partial charge in [-0.3, -0.25) is 14.9 Å². The fourth-order valence-corrected chi connectivity index (χ4v) is 2.55. The first-order valence-electron chi connectivity index (χ1n) is 8.65. The summed E-state index contributed by atoms with van der Waals surface area (Å²) in [4.78, 5) is 22.6. The number of rotatable bonds is 8. The second kappa shape index (κ2) is 8.99. The lowest BCUT2D eigenvalue weighted by atomic mass is 10.1. The zero-order valence-corrected chi connectivity index (χ0v) is 15.3. The highest BCUT2D eigenvalue weighted by atomic mass is 16.6. The topological polar surface area (TPSA) is 81.5 Å². The van der Waals surface area contributed by atoms with Gasteiger partial charge in [-0.15, -0.1) is 0 Å². The maximum absolute atomic E-state index is 12.1. The highest BCUT2D eigenvalue weighted by molar-refractivity contribution is 5.94. The Morgan fingerprint density at radius 2 is 1.88 bits per heavy atom. The van der Waals surface area contributed by atoms with E-state index in [0.717, 1.165) is 18.6 Å². The van der Waals surface area contributed by atoms with Gasteiger partial charge in [0, 0.05) is 23.7 Å². The molecule has 2 rings (SSSR count). The van der Waals surface area contributed by atoms with E-state index >= 15 is 0 Å². The predicted octanol–water partition coefficient (Wildman–Crippen LogP) is 4.05. The van der Waals surface area contributed by atoms with Gasteiger partial charge in [0.1, 0.15) is 5.75 Å². The van der Waals surface area contributed by atoms with Crippen LogP contribution < -0.4 is 10.1 Å². The third-order valence-corrected chi connectivity index (χ3v) is 3.89. The number of carbonyl (C=O) groups excluding carboxylic acids is 1. The minimum atomic E-state index is -0.473. The van der Waals surface area contributed by atoms with Gasteiger partial charge in [-0.2, -0.15) is 0 Å². The summed E-state index contributed by atoms with van der Waals surface area (Å²) in [5.41, 5.74) is 1.97. The largest absolute Gasteiger partial charge is 0.491 e. The van der Waals surface area contributed by atoms with Crippen LogP contribution in [0.5, 0.6) is 5.75 Å². The van der Waals surface area contributed by atoms with Gasteiger partial charge in [0.2, 0.25) is 0 Å². The van der Waals surface area contributed by atoms with Crippen LogP contribution in [0.4, 0.5) is 5.69 Å². The molecule has 138 valence electrons. The smallest absolute Gasteiger partial charge is 0.273 e. The fourth-order valence-electron chi connectivity index (χ4n) is 2.55. The zero-order valence-electron chi connectivity index (χ0n) is 15.3. The molecule has 0 aromatic heterocycles. The number of nitrogens with one attached hydrogen (secondary N) is 1. The van der Waals surface area contributed by atoms with Crippen LogP contribution in [0.15, 0.2) is 42.5 Å². The van der Waals surface area contributed by atoms with E-state index in [1.165, 1.54) is 11.6 Å². The van der Waals surface area contributed by atoms with Crippen molar-refractivity contribution in [1.82, 2.24) is 5.32 Å². The average Bonchev–Trinajstić information content (AvgIpc) is 2.59. The molecule has 0 saturated heterocycles. The quantitative estimate of drug-likeness (QED) is 0.439. The molecular formula is C20H24N2O4. The SMILES string of the molecule is Cc1ccc(C(=O)NCCCc2ccc(OC(C)C)cc2)cc1[N+](=O)[O-]. The predicted molar refractivity (Wildman–Crippen MR) is 101 cm³/mol. The number of hydrogen-bond donors (Lipinski definition) is 1. The van der Waals surface area contributed by atoms with Crippen molar-refractivity contribution < 1.29 is 14.5 Å². The summed E-state index contributed by atoms with van der Waals surface area (Å²) in [5.74, 6) is 0.548. The number of carbonyl (C=O) groups is 1. The Morgan fingerprint density at radius 1 is 1.19 bits per heavy atom. The van der Waals surface area contributed by atoms with E-state index in [2.05, 4.69) is 5.32 Å². The van der Waals surface area contributed by atoms with E-state index in [9.17, 15) is 14.9 Å². The number of nitro benzene ring substituents is 1. The van der Waals surface area contributed by atoms with Gasteiger partial charge in [0.25, 0.3) is 11.6 Å². The molecule has 0 spiro atoms. The summed E-state index contributed by atoms with van der Waals surface area (Å²) in [5, 5.41) is 13.8. The molecule has 0 aliphatic rings. The second-order valence-electron chi connectivity index (χ2n) is 6.43. The Bertz CT molecular complexity index is 770. The summed E-state index contributed by atoms with van der Waals surface area (Å²) < 4.78 is 5.61. The Labute approximate surface area is 153 Å². The molecule has 1 N–H and O–H groups in total. The molecule has 0 heterocycles. The van der Waals surface area contributed by atoms with Crippen molar-refractivity contribution in [3.05, 3.63) is 69.3 Å². The average molecular weight is 356 g/mol. The number of amides is 1. The van der Waals surface area contributed by atoms with Crippen LogP contribution in [0.3, 0.4) is 0 Å². The standard InChI is InChI=1S/C20H24N2O4/c1-14(2)26-18-10-7-16(8-11-18)5-4-12-21-20(23)17-9-6-15(3)19(13-17)22(24)25/h6-11,13-14H,4-5,12H2,1-3H3,(H,21,23). The molecular weight excluding hydrogens is 332 g/mol. The van der Waals surface area contributed by atoms with E-state index in [-0.39, 0.29) is 17.7 Å². The third kappa shape index (κ3) is 5.58. The van der Waals surface area contributed by atoms with Crippen molar-refractivity contribution in [2.45, 2.75) is 39.7 Å². The number of nitrogens with zero attached hydrogens (tertiary/aromatic N) is 1. The lowest BCUT2D eigenvalue weighted by Crippen LogP contribution is -2.24. The molecule has 26 heavy (non-hydrogen) atoms. The maximum Gasteiger partial charge on any atom is 0.273 e.